The molecule has 0 spiro atoms. The maximum absolute atomic E-state index is 12.5. The second-order valence-electron chi connectivity index (χ2n) is 7.55. The zero-order valence-corrected chi connectivity index (χ0v) is 18.2. The molecule has 29 heavy (non-hydrogen) atoms. The maximum atomic E-state index is 12.5. The Balaban J connectivity index is 1.71. The molecule has 0 saturated carbocycles. The van der Waals surface area contributed by atoms with Gasteiger partial charge in [-0.2, -0.15) is 0 Å². The number of guanidine groups is 1. The number of rotatable bonds is 10. The van der Waals surface area contributed by atoms with Gasteiger partial charge in [-0.1, -0.05) is 12.1 Å². The van der Waals surface area contributed by atoms with Crippen molar-refractivity contribution in [2.75, 3.05) is 60.5 Å². The lowest BCUT2D eigenvalue weighted by Crippen LogP contribution is -2.40. The van der Waals surface area contributed by atoms with E-state index in [-0.39, 0.29) is 5.91 Å². The van der Waals surface area contributed by atoms with Crippen LogP contribution in [-0.2, 0) is 11.3 Å². The van der Waals surface area contributed by atoms with E-state index in [0.717, 1.165) is 75.7 Å². The van der Waals surface area contributed by atoms with Crippen LogP contribution < -0.4 is 10.6 Å². The number of benzene rings is 1. The standard InChI is InChI=1S/C22H37N5O2/c1-23-22(24-12-16-26(2)13-7-17-29-3)25-18-19-8-10-20(11-9-19)21(28)27-14-5-4-6-15-27/h8-11H,4-7,12-18H2,1-3H3,(H2,23,24,25). The number of carbonyl (C=O) groups is 1. The van der Waals surface area contributed by atoms with Gasteiger partial charge in [-0.05, 0) is 50.4 Å². The molecule has 1 fully saturated rings. The molecule has 0 aliphatic carbocycles. The van der Waals surface area contributed by atoms with Crippen LogP contribution in [-0.4, -0.2) is 82.2 Å². The Morgan fingerprint density at radius 1 is 1.14 bits per heavy atom. The summed E-state index contributed by atoms with van der Waals surface area (Å²) in [5.41, 5.74) is 1.90. The van der Waals surface area contributed by atoms with Gasteiger partial charge < -0.3 is 25.2 Å². The Morgan fingerprint density at radius 2 is 1.86 bits per heavy atom. The highest BCUT2D eigenvalue weighted by molar-refractivity contribution is 5.94. The molecule has 7 nitrogen and oxygen atoms in total. The zero-order valence-electron chi connectivity index (χ0n) is 18.2. The van der Waals surface area contributed by atoms with Gasteiger partial charge in [-0.25, -0.2) is 0 Å². The van der Waals surface area contributed by atoms with E-state index in [1.54, 1.807) is 14.2 Å². The van der Waals surface area contributed by atoms with E-state index in [1.165, 1.54) is 6.42 Å². The number of hydrogen-bond donors (Lipinski definition) is 2. The molecule has 0 bridgehead atoms. The number of amides is 1. The van der Waals surface area contributed by atoms with Crippen LogP contribution in [0.5, 0.6) is 0 Å². The van der Waals surface area contributed by atoms with Crippen LogP contribution in [0, 0.1) is 0 Å². The van der Waals surface area contributed by atoms with Crippen molar-refractivity contribution in [3.8, 4) is 0 Å². The lowest BCUT2D eigenvalue weighted by Gasteiger charge is -2.26. The molecular weight excluding hydrogens is 366 g/mol. The summed E-state index contributed by atoms with van der Waals surface area (Å²) in [4.78, 5) is 21.1. The number of likely N-dealkylation sites (N-methyl/N-ethyl adjacent to an activating group) is 1. The molecule has 0 radical (unpaired) electrons. The summed E-state index contributed by atoms with van der Waals surface area (Å²) in [5, 5.41) is 6.67. The van der Waals surface area contributed by atoms with Gasteiger partial charge in [-0.15, -0.1) is 0 Å². The Hall–Kier alpha value is -2.12. The number of piperidine rings is 1. The van der Waals surface area contributed by atoms with Crippen LogP contribution in [0.2, 0.25) is 0 Å². The predicted octanol–water partition coefficient (Wildman–Crippen LogP) is 1.95. The minimum absolute atomic E-state index is 0.149. The molecule has 1 amide bonds. The number of likely N-dealkylation sites (tertiary alicyclic amines) is 1. The number of nitrogens with zero attached hydrogens (tertiary/aromatic N) is 3. The summed E-state index contributed by atoms with van der Waals surface area (Å²) >= 11 is 0. The monoisotopic (exact) mass is 403 g/mol. The van der Waals surface area contributed by atoms with E-state index in [1.807, 2.05) is 29.2 Å². The number of carbonyl (C=O) groups excluding carboxylic acids is 1. The first-order valence-corrected chi connectivity index (χ1v) is 10.6. The van der Waals surface area contributed by atoms with Crippen LogP contribution in [0.4, 0.5) is 0 Å². The first-order valence-electron chi connectivity index (χ1n) is 10.6. The summed E-state index contributed by atoms with van der Waals surface area (Å²) in [6, 6.07) is 7.89. The summed E-state index contributed by atoms with van der Waals surface area (Å²) in [6.45, 7) is 6.01. The van der Waals surface area contributed by atoms with Crippen LogP contribution in [0.3, 0.4) is 0 Å². The van der Waals surface area contributed by atoms with Crippen molar-refractivity contribution in [2.24, 2.45) is 4.99 Å². The number of methoxy groups -OCH3 is 1. The quantitative estimate of drug-likeness (QED) is 0.355. The van der Waals surface area contributed by atoms with Crippen LogP contribution in [0.1, 0.15) is 41.6 Å². The van der Waals surface area contributed by atoms with Crippen molar-refractivity contribution in [1.82, 2.24) is 20.4 Å². The molecule has 7 heteroatoms. The normalized spacial score (nSPS) is 14.9. The van der Waals surface area contributed by atoms with Gasteiger partial charge in [0.15, 0.2) is 5.96 Å². The molecule has 1 aromatic rings. The molecule has 2 rings (SSSR count). The highest BCUT2D eigenvalue weighted by Gasteiger charge is 2.17. The number of aliphatic imine (C=N–C) groups is 1. The van der Waals surface area contributed by atoms with E-state index in [2.05, 4.69) is 27.6 Å². The van der Waals surface area contributed by atoms with E-state index in [4.69, 9.17) is 4.74 Å². The lowest BCUT2D eigenvalue weighted by atomic mass is 10.1. The van der Waals surface area contributed by atoms with Gasteiger partial charge in [0, 0.05) is 65.6 Å². The van der Waals surface area contributed by atoms with E-state index < -0.39 is 0 Å². The fraction of sp³-hybridized carbons (Fsp3) is 0.636. The summed E-state index contributed by atoms with van der Waals surface area (Å²) in [6.07, 6.45) is 4.50. The molecule has 0 atom stereocenters. The lowest BCUT2D eigenvalue weighted by molar-refractivity contribution is 0.0724. The highest BCUT2D eigenvalue weighted by atomic mass is 16.5. The highest BCUT2D eigenvalue weighted by Crippen LogP contribution is 2.13. The third-order valence-electron chi connectivity index (χ3n) is 5.20. The minimum atomic E-state index is 0.149. The number of hydrogen-bond acceptors (Lipinski definition) is 4. The van der Waals surface area contributed by atoms with Gasteiger partial charge in [0.2, 0.25) is 0 Å². The van der Waals surface area contributed by atoms with Crippen LogP contribution in [0.15, 0.2) is 29.3 Å². The smallest absolute Gasteiger partial charge is 0.253 e. The van der Waals surface area contributed by atoms with Gasteiger partial charge in [0.05, 0.1) is 0 Å². The largest absolute Gasteiger partial charge is 0.385 e. The summed E-state index contributed by atoms with van der Waals surface area (Å²) < 4.78 is 5.09. The van der Waals surface area contributed by atoms with Crippen molar-refractivity contribution in [2.45, 2.75) is 32.2 Å². The predicted molar refractivity (Wildman–Crippen MR) is 118 cm³/mol. The van der Waals surface area contributed by atoms with E-state index >= 15 is 0 Å². The fourth-order valence-electron chi connectivity index (χ4n) is 3.41. The molecule has 162 valence electrons. The molecule has 1 saturated heterocycles. The SMILES string of the molecule is CN=C(NCCN(C)CCCOC)NCc1ccc(C(=O)N2CCCCC2)cc1. The number of nitrogens with one attached hydrogen (secondary N) is 2. The van der Waals surface area contributed by atoms with Crippen molar-refractivity contribution < 1.29 is 9.53 Å². The van der Waals surface area contributed by atoms with Crippen molar-refractivity contribution in [3.63, 3.8) is 0 Å². The molecule has 1 aliphatic rings. The van der Waals surface area contributed by atoms with Crippen molar-refractivity contribution in [3.05, 3.63) is 35.4 Å². The Morgan fingerprint density at radius 3 is 2.52 bits per heavy atom. The molecule has 1 heterocycles. The first kappa shape index (κ1) is 23.2. The molecule has 1 aliphatic heterocycles. The Bertz CT molecular complexity index is 627. The average Bonchev–Trinajstić information content (AvgIpc) is 2.76. The summed E-state index contributed by atoms with van der Waals surface area (Å²) in [5.74, 6) is 0.931. The molecular formula is C22H37N5O2. The van der Waals surface area contributed by atoms with Gasteiger partial charge in [0.1, 0.15) is 0 Å². The molecule has 2 N–H and O–H groups in total. The third kappa shape index (κ3) is 8.41. The number of ether oxygens (including phenoxy) is 1. The zero-order chi connectivity index (χ0) is 20.9. The second kappa shape index (κ2) is 13.2. The van der Waals surface area contributed by atoms with Crippen molar-refractivity contribution in [1.29, 1.82) is 0 Å². The minimum Gasteiger partial charge on any atom is -0.385 e. The van der Waals surface area contributed by atoms with Crippen molar-refractivity contribution >= 4 is 11.9 Å². The van der Waals surface area contributed by atoms with Gasteiger partial charge in [-0.3, -0.25) is 9.79 Å². The van der Waals surface area contributed by atoms with E-state index in [9.17, 15) is 4.79 Å². The fourth-order valence-corrected chi connectivity index (χ4v) is 3.41. The molecule has 1 aromatic carbocycles. The topological polar surface area (TPSA) is 69.2 Å². The Kier molecular flexibility index (Phi) is 10.5. The summed E-state index contributed by atoms with van der Waals surface area (Å²) in [7, 11) is 5.62. The van der Waals surface area contributed by atoms with E-state index in [0.29, 0.717) is 6.54 Å². The maximum Gasteiger partial charge on any atom is 0.253 e. The Labute approximate surface area is 175 Å². The van der Waals surface area contributed by atoms with Gasteiger partial charge >= 0.3 is 0 Å². The first-order chi connectivity index (χ1) is 14.1. The van der Waals surface area contributed by atoms with Crippen LogP contribution >= 0.6 is 0 Å². The van der Waals surface area contributed by atoms with Crippen LogP contribution in [0.25, 0.3) is 0 Å². The molecule has 0 aromatic heterocycles. The molecule has 0 unspecified atom stereocenters. The van der Waals surface area contributed by atoms with Gasteiger partial charge in [0.25, 0.3) is 5.91 Å². The average molecular weight is 404 g/mol. The second-order valence-corrected chi connectivity index (χ2v) is 7.55. The third-order valence-corrected chi connectivity index (χ3v) is 5.20.